The zero-order valence-corrected chi connectivity index (χ0v) is 11.9. The zero-order valence-electron chi connectivity index (χ0n) is 11.1. The molecular formula is C13H17NO5S. The van der Waals surface area contributed by atoms with Gasteiger partial charge in [-0.25, -0.2) is 8.42 Å². The van der Waals surface area contributed by atoms with Gasteiger partial charge in [0.2, 0.25) is 5.91 Å². The van der Waals surface area contributed by atoms with E-state index < -0.39 is 32.7 Å². The summed E-state index contributed by atoms with van der Waals surface area (Å²) in [6, 6.07) is 9.42. The van der Waals surface area contributed by atoms with E-state index in [1.807, 2.05) is 30.3 Å². The molecule has 1 amide bonds. The van der Waals surface area contributed by atoms with Crippen LogP contribution in [0.15, 0.2) is 30.3 Å². The standard InChI is InChI=1S/C13H17NO5S/c1-10(13(16)17)20(18,19)9-12(15)14-8-7-11-5-3-2-4-6-11/h2-6,10H,7-9H2,1H3,(H,14,15)(H,16,17). The Hall–Kier alpha value is -1.89. The summed E-state index contributed by atoms with van der Waals surface area (Å²) in [5, 5.41) is 9.53. The van der Waals surface area contributed by atoms with Crippen molar-refractivity contribution in [1.29, 1.82) is 0 Å². The van der Waals surface area contributed by atoms with Crippen LogP contribution in [0.1, 0.15) is 12.5 Å². The summed E-state index contributed by atoms with van der Waals surface area (Å²) in [5.74, 6) is -2.95. The fourth-order valence-electron chi connectivity index (χ4n) is 1.50. The first-order valence-corrected chi connectivity index (χ1v) is 7.79. The number of benzene rings is 1. The summed E-state index contributed by atoms with van der Waals surface area (Å²) in [6.45, 7) is 1.36. The quantitative estimate of drug-likeness (QED) is 0.751. The number of carboxylic acid groups (broad SMARTS) is 1. The summed E-state index contributed by atoms with van der Waals surface area (Å²) in [5.41, 5.74) is 1.02. The molecule has 0 spiro atoms. The van der Waals surface area contributed by atoms with E-state index in [9.17, 15) is 18.0 Å². The number of rotatable bonds is 7. The Labute approximate surface area is 117 Å². The molecule has 7 heteroatoms. The number of carbonyl (C=O) groups is 2. The summed E-state index contributed by atoms with van der Waals surface area (Å²) in [7, 11) is -3.97. The molecular weight excluding hydrogens is 282 g/mol. The van der Waals surface area contributed by atoms with Crippen molar-refractivity contribution in [1.82, 2.24) is 5.32 Å². The van der Waals surface area contributed by atoms with Gasteiger partial charge in [-0.3, -0.25) is 9.59 Å². The van der Waals surface area contributed by atoms with Crippen molar-refractivity contribution < 1.29 is 23.1 Å². The SMILES string of the molecule is CC(C(=O)O)S(=O)(=O)CC(=O)NCCc1ccccc1. The van der Waals surface area contributed by atoms with Crippen molar-refractivity contribution in [3.8, 4) is 0 Å². The summed E-state index contributed by atoms with van der Waals surface area (Å²) in [6.07, 6.45) is 0.584. The first kappa shape index (κ1) is 16.2. The van der Waals surface area contributed by atoms with E-state index in [4.69, 9.17) is 5.11 Å². The van der Waals surface area contributed by atoms with Gasteiger partial charge in [-0.1, -0.05) is 30.3 Å². The van der Waals surface area contributed by atoms with Gasteiger partial charge in [0.15, 0.2) is 15.1 Å². The minimum absolute atomic E-state index is 0.305. The predicted molar refractivity (Wildman–Crippen MR) is 74.0 cm³/mol. The van der Waals surface area contributed by atoms with Crippen molar-refractivity contribution in [2.45, 2.75) is 18.6 Å². The maximum atomic E-state index is 11.6. The van der Waals surface area contributed by atoms with Gasteiger partial charge in [0.1, 0.15) is 5.75 Å². The van der Waals surface area contributed by atoms with E-state index in [0.717, 1.165) is 12.5 Å². The molecule has 1 atom stereocenters. The molecule has 0 bridgehead atoms. The van der Waals surface area contributed by atoms with Crippen molar-refractivity contribution in [2.24, 2.45) is 0 Å². The normalized spacial score (nSPS) is 12.7. The van der Waals surface area contributed by atoms with Crippen LogP contribution in [0, 0.1) is 0 Å². The second-order valence-electron chi connectivity index (χ2n) is 4.37. The molecule has 0 aromatic heterocycles. The highest BCUT2D eigenvalue weighted by Crippen LogP contribution is 2.02. The highest BCUT2D eigenvalue weighted by Gasteiger charge is 2.29. The lowest BCUT2D eigenvalue weighted by molar-refractivity contribution is -0.136. The largest absolute Gasteiger partial charge is 0.480 e. The van der Waals surface area contributed by atoms with Crippen LogP contribution in [0.25, 0.3) is 0 Å². The number of carboxylic acids is 1. The third-order valence-corrected chi connectivity index (χ3v) is 4.74. The van der Waals surface area contributed by atoms with Crippen LogP contribution in [0.5, 0.6) is 0 Å². The van der Waals surface area contributed by atoms with E-state index in [1.54, 1.807) is 0 Å². The number of carbonyl (C=O) groups excluding carboxylic acids is 1. The van der Waals surface area contributed by atoms with Crippen LogP contribution in [-0.2, 0) is 25.8 Å². The van der Waals surface area contributed by atoms with Crippen LogP contribution in [0.4, 0.5) is 0 Å². The Morgan fingerprint density at radius 2 is 1.85 bits per heavy atom. The molecule has 20 heavy (non-hydrogen) atoms. The highest BCUT2D eigenvalue weighted by molar-refractivity contribution is 7.93. The molecule has 0 saturated heterocycles. The maximum absolute atomic E-state index is 11.6. The van der Waals surface area contributed by atoms with Gasteiger partial charge in [0.25, 0.3) is 0 Å². The van der Waals surface area contributed by atoms with Crippen LogP contribution < -0.4 is 5.32 Å². The molecule has 110 valence electrons. The number of nitrogens with one attached hydrogen (secondary N) is 1. The van der Waals surface area contributed by atoms with Gasteiger partial charge in [-0.2, -0.15) is 0 Å². The predicted octanol–water partition coefficient (Wildman–Crippen LogP) is 0.233. The lowest BCUT2D eigenvalue weighted by atomic mass is 10.1. The lowest BCUT2D eigenvalue weighted by Gasteiger charge is -2.09. The van der Waals surface area contributed by atoms with Gasteiger partial charge >= 0.3 is 5.97 Å². The Bertz CT molecular complexity index is 568. The summed E-state index contributed by atoms with van der Waals surface area (Å²) in [4.78, 5) is 22.1. The van der Waals surface area contributed by atoms with Crippen LogP contribution in [0.2, 0.25) is 0 Å². The second kappa shape index (κ2) is 7.04. The fraction of sp³-hybridized carbons (Fsp3) is 0.385. The molecule has 1 aromatic rings. The lowest BCUT2D eigenvalue weighted by Crippen LogP contribution is -2.37. The maximum Gasteiger partial charge on any atom is 0.321 e. The molecule has 1 unspecified atom stereocenters. The minimum atomic E-state index is -3.97. The van der Waals surface area contributed by atoms with Crippen LogP contribution >= 0.6 is 0 Å². The topological polar surface area (TPSA) is 101 Å². The third-order valence-electron chi connectivity index (χ3n) is 2.80. The Kier molecular flexibility index (Phi) is 5.69. The average Bonchev–Trinajstić information content (AvgIpc) is 2.38. The van der Waals surface area contributed by atoms with E-state index >= 15 is 0 Å². The molecule has 0 saturated carbocycles. The average molecular weight is 299 g/mol. The Morgan fingerprint density at radius 3 is 2.40 bits per heavy atom. The first-order valence-electron chi connectivity index (χ1n) is 6.08. The smallest absolute Gasteiger partial charge is 0.321 e. The Morgan fingerprint density at radius 1 is 1.25 bits per heavy atom. The van der Waals surface area contributed by atoms with E-state index in [-0.39, 0.29) is 0 Å². The molecule has 0 aliphatic heterocycles. The number of hydrogen-bond donors (Lipinski definition) is 2. The van der Waals surface area contributed by atoms with Crippen molar-refractivity contribution in [2.75, 3.05) is 12.3 Å². The molecule has 0 fully saturated rings. The van der Waals surface area contributed by atoms with Crippen molar-refractivity contribution in [3.05, 3.63) is 35.9 Å². The second-order valence-corrected chi connectivity index (χ2v) is 6.69. The van der Waals surface area contributed by atoms with Crippen molar-refractivity contribution in [3.63, 3.8) is 0 Å². The van der Waals surface area contributed by atoms with E-state index in [2.05, 4.69) is 5.32 Å². The van der Waals surface area contributed by atoms with Gasteiger partial charge < -0.3 is 10.4 Å². The fourth-order valence-corrected chi connectivity index (χ4v) is 2.53. The number of aliphatic carboxylic acids is 1. The number of amides is 1. The molecule has 0 heterocycles. The van der Waals surface area contributed by atoms with Crippen LogP contribution in [-0.4, -0.2) is 42.9 Å². The zero-order chi connectivity index (χ0) is 15.2. The third kappa shape index (κ3) is 5.00. The molecule has 0 radical (unpaired) electrons. The van der Waals surface area contributed by atoms with E-state index in [0.29, 0.717) is 13.0 Å². The molecule has 1 rings (SSSR count). The molecule has 0 aliphatic rings. The number of sulfone groups is 1. The monoisotopic (exact) mass is 299 g/mol. The minimum Gasteiger partial charge on any atom is -0.480 e. The van der Waals surface area contributed by atoms with Gasteiger partial charge in [-0.15, -0.1) is 0 Å². The van der Waals surface area contributed by atoms with Gasteiger partial charge in [0, 0.05) is 6.54 Å². The van der Waals surface area contributed by atoms with Crippen LogP contribution in [0.3, 0.4) is 0 Å². The van der Waals surface area contributed by atoms with Crippen molar-refractivity contribution >= 4 is 21.7 Å². The molecule has 2 N–H and O–H groups in total. The summed E-state index contributed by atoms with van der Waals surface area (Å²) < 4.78 is 23.1. The number of hydrogen-bond acceptors (Lipinski definition) is 4. The molecule has 6 nitrogen and oxygen atoms in total. The Balaban J connectivity index is 2.43. The summed E-state index contributed by atoms with van der Waals surface area (Å²) >= 11 is 0. The first-order chi connectivity index (χ1) is 9.33. The highest BCUT2D eigenvalue weighted by atomic mass is 32.2. The van der Waals surface area contributed by atoms with Gasteiger partial charge in [-0.05, 0) is 18.9 Å². The molecule has 1 aromatic carbocycles. The van der Waals surface area contributed by atoms with E-state index in [1.165, 1.54) is 0 Å². The van der Waals surface area contributed by atoms with Gasteiger partial charge in [0.05, 0.1) is 0 Å². The molecule has 0 aliphatic carbocycles.